The molecule has 2 aliphatic rings. The van der Waals surface area contributed by atoms with Crippen molar-refractivity contribution >= 4 is 39.4 Å². The van der Waals surface area contributed by atoms with Crippen molar-refractivity contribution in [1.82, 2.24) is 4.90 Å². The number of nitrogens with zero attached hydrogens (tertiary/aromatic N) is 2. The third-order valence-electron chi connectivity index (χ3n) is 6.00. The van der Waals surface area contributed by atoms with Crippen molar-refractivity contribution in [2.75, 3.05) is 7.05 Å². The maximum atomic E-state index is 13.0. The Bertz CT molecular complexity index is 1440. The van der Waals surface area contributed by atoms with Crippen LogP contribution in [-0.4, -0.2) is 35.8 Å². The molecule has 36 heavy (non-hydrogen) atoms. The Labute approximate surface area is 216 Å². The predicted molar refractivity (Wildman–Crippen MR) is 144 cm³/mol. The van der Waals surface area contributed by atoms with Gasteiger partial charge in [0.25, 0.3) is 15.1 Å². The number of Topliss-reactive ketones (excluding diaryl/α,β-unsaturated/α-hetero) is 1. The molecule has 1 aromatic heterocycles. The van der Waals surface area contributed by atoms with Crippen LogP contribution in [0.3, 0.4) is 0 Å². The van der Waals surface area contributed by atoms with Gasteiger partial charge in [-0.15, -0.1) is 0 Å². The minimum absolute atomic E-state index is 0.0763. The van der Waals surface area contributed by atoms with Gasteiger partial charge >= 0.3 is 0 Å². The number of aliphatic hydroxyl groups is 1. The number of hydrogen-bond acceptors (Lipinski definition) is 6. The van der Waals surface area contributed by atoms with Crippen molar-refractivity contribution in [2.24, 2.45) is 12.5 Å². The van der Waals surface area contributed by atoms with Crippen LogP contribution in [0, 0.1) is 5.41 Å². The molecule has 0 spiro atoms. The first-order valence-electron chi connectivity index (χ1n) is 11.3. The van der Waals surface area contributed by atoms with Crippen LogP contribution in [0.4, 0.5) is 0 Å². The molecule has 1 aromatic rings. The quantitative estimate of drug-likeness (QED) is 0.223. The summed E-state index contributed by atoms with van der Waals surface area (Å²) in [7, 11) is -0.740. The zero-order valence-corrected chi connectivity index (χ0v) is 22.8. The first kappa shape index (κ1) is 27.3. The standard InChI is InChI=1S/C27H30N2O5S2/c1-7-9-10-12-19-17-29(6)24(35-19)15-22-25(30)21(26(22)31)14-23-27(3,4)18(16-28(23)5)13-20(11-8-2)36(32,33)34/h7-17H,1-6H3,(H-,30,31,32,33,34)/p+1/b9-7-,11-8-,12-10-,20-13+. The molecular formula is C27H31N2O5S2+. The number of ketones is 1. The van der Waals surface area contributed by atoms with Crippen LogP contribution in [0.5, 0.6) is 0 Å². The molecule has 2 N–H and O–H groups in total. The Morgan fingerprint density at radius 1 is 1.17 bits per heavy atom. The normalized spacial score (nSPS) is 21.2. The van der Waals surface area contributed by atoms with Crippen LogP contribution in [0.2, 0.25) is 0 Å². The highest BCUT2D eigenvalue weighted by Gasteiger charge is 2.39. The van der Waals surface area contributed by atoms with E-state index in [1.807, 2.05) is 62.9 Å². The zero-order valence-electron chi connectivity index (χ0n) is 21.2. The summed E-state index contributed by atoms with van der Waals surface area (Å²) in [6.07, 6.45) is 19.1. The van der Waals surface area contributed by atoms with E-state index in [9.17, 15) is 22.9 Å². The van der Waals surface area contributed by atoms with E-state index in [1.54, 1.807) is 37.2 Å². The molecule has 3 rings (SSSR count). The Morgan fingerprint density at radius 2 is 1.86 bits per heavy atom. The molecule has 7 nitrogen and oxygen atoms in total. The van der Waals surface area contributed by atoms with Gasteiger partial charge in [0.1, 0.15) is 12.8 Å². The van der Waals surface area contributed by atoms with Gasteiger partial charge < -0.3 is 10.0 Å². The van der Waals surface area contributed by atoms with Gasteiger partial charge in [0, 0.05) is 30.4 Å². The second kappa shape index (κ2) is 10.4. The molecule has 2 heterocycles. The maximum absolute atomic E-state index is 13.0. The molecular weight excluding hydrogens is 496 g/mol. The van der Waals surface area contributed by atoms with Crippen molar-refractivity contribution in [3.63, 3.8) is 0 Å². The van der Waals surface area contributed by atoms with Crippen molar-refractivity contribution in [2.45, 2.75) is 27.7 Å². The first-order chi connectivity index (χ1) is 16.8. The average molecular weight is 528 g/mol. The lowest BCUT2D eigenvalue weighted by molar-refractivity contribution is -0.668. The van der Waals surface area contributed by atoms with Gasteiger partial charge in [-0.1, -0.05) is 49.5 Å². The largest absolute Gasteiger partial charge is 0.506 e. The van der Waals surface area contributed by atoms with Crippen LogP contribution >= 0.6 is 11.3 Å². The third kappa shape index (κ3) is 5.43. The summed E-state index contributed by atoms with van der Waals surface area (Å²) in [5.74, 6) is -0.340. The predicted octanol–water partition coefficient (Wildman–Crippen LogP) is 5.03. The summed E-state index contributed by atoms with van der Waals surface area (Å²) < 4.78 is 35.0. The van der Waals surface area contributed by atoms with Gasteiger partial charge in [-0.2, -0.15) is 13.0 Å². The Hall–Kier alpha value is -3.27. The van der Waals surface area contributed by atoms with E-state index in [-0.39, 0.29) is 27.6 Å². The number of aliphatic hydroxyl groups excluding tert-OH is 1. The molecule has 0 amide bonds. The summed E-state index contributed by atoms with van der Waals surface area (Å²) in [4.78, 5) is 15.5. The minimum Gasteiger partial charge on any atom is -0.506 e. The van der Waals surface area contributed by atoms with Crippen LogP contribution in [0.15, 0.2) is 88.0 Å². The molecule has 0 unspecified atom stereocenters. The highest BCUT2D eigenvalue weighted by Crippen LogP contribution is 2.45. The molecule has 1 aliphatic carbocycles. The number of aromatic nitrogens is 1. The fraction of sp³-hybridized carbons (Fsp3) is 0.259. The van der Waals surface area contributed by atoms with E-state index in [1.165, 1.54) is 29.6 Å². The summed E-state index contributed by atoms with van der Waals surface area (Å²) in [5, 5.41) is 11.5. The van der Waals surface area contributed by atoms with E-state index in [0.717, 1.165) is 9.88 Å². The molecule has 0 atom stereocenters. The smallest absolute Gasteiger partial charge is 0.294 e. The Kier molecular flexibility index (Phi) is 7.88. The van der Waals surface area contributed by atoms with Crippen LogP contribution < -0.4 is 4.57 Å². The Morgan fingerprint density at radius 3 is 2.44 bits per heavy atom. The van der Waals surface area contributed by atoms with E-state index in [0.29, 0.717) is 11.3 Å². The van der Waals surface area contributed by atoms with Crippen molar-refractivity contribution < 1.29 is 27.4 Å². The zero-order chi connectivity index (χ0) is 26.8. The lowest BCUT2D eigenvalue weighted by atomic mass is 9.80. The van der Waals surface area contributed by atoms with Gasteiger partial charge in [-0.05, 0) is 43.7 Å². The fourth-order valence-corrected chi connectivity index (χ4v) is 5.52. The second-order valence-corrected chi connectivity index (χ2v) is 11.5. The maximum Gasteiger partial charge on any atom is 0.294 e. The van der Waals surface area contributed by atoms with Crippen molar-refractivity contribution in [3.8, 4) is 0 Å². The molecule has 0 fully saturated rings. The highest BCUT2D eigenvalue weighted by molar-refractivity contribution is 7.90. The van der Waals surface area contributed by atoms with Gasteiger partial charge in [0.2, 0.25) is 5.78 Å². The van der Waals surface area contributed by atoms with Gasteiger partial charge in [-0.25, -0.2) is 0 Å². The molecule has 0 aromatic carbocycles. The molecule has 190 valence electrons. The van der Waals surface area contributed by atoms with E-state index in [4.69, 9.17) is 0 Å². The first-order valence-corrected chi connectivity index (χ1v) is 13.5. The lowest BCUT2D eigenvalue weighted by Gasteiger charge is -2.28. The van der Waals surface area contributed by atoms with E-state index >= 15 is 0 Å². The van der Waals surface area contributed by atoms with Gasteiger partial charge in [0.15, 0.2) is 6.20 Å². The van der Waals surface area contributed by atoms with Crippen molar-refractivity contribution in [3.05, 3.63) is 97.9 Å². The van der Waals surface area contributed by atoms with Gasteiger partial charge in [-0.3, -0.25) is 9.35 Å². The number of carbonyl (C=O) groups is 1. The van der Waals surface area contributed by atoms with E-state index < -0.39 is 15.5 Å². The summed E-state index contributed by atoms with van der Waals surface area (Å²) in [6, 6.07) is 0. The Balaban J connectivity index is 1.95. The van der Waals surface area contributed by atoms with Crippen LogP contribution in [0.25, 0.3) is 12.2 Å². The molecule has 0 saturated carbocycles. The highest BCUT2D eigenvalue weighted by atomic mass is 32.2. The third-order valence-corrected chi connectivity index (χ3v) is 7.95. The van der Waals surface area contributed by atoms with Crippen molar-refractivity contribution in [1.29, 1.82) is 0 Å². The minimum atomic E-state index is -4.40. The monoisotopic (exact) mass is 527 g/mol. The number of allylic oxidation sites excluding steroid dienone is 10. The summed E-state index contributed by atoms with van der Waals surface area (Å²) >= 11 is 1.50. The average Bonchev–Trinajstić information content (AvgIpc) is 3.24. The molecule has 0 saturated heterocycles. The number of thiazole rings is 1. The second-order valence-electron chi connectivity index (χ2n) is 8.99. The number of carbonyl (C=O) groups excluding carboxylic acids is 1. The molecule has 0 bridgehead atoms. The number of rotatable bonds is 7. The van der Waals surface area contributed by atoms with E-state index in [2.05, 4.69) is 0 Å². The van der Waals surface area contributed by atoms with Crippen LogP contribution in [0.1, 0.15) is 37.6 Å². The number of aryl methyl sites for hydroxylation is 1. The topological polar surface area (TPSA) is 98.8 Å². The fourth-order valence-electron chi connectivity index (χ4n) is 3.97. The summed E-state index contributed by atoms with van der Waals surface area (Å²) in [5.41, 5.74) is 1.10. The lowest BCUT2D eigenvalue weighted by Crippen LogP contribution is -2.29. The summed E-state index contributed by atoms with van der Waals surface area (Å²) in [6.45, 7) is 7.36. The van der Waals surface area contributed by atoms with Crippen LogP contribution in [-0.2, 0) is 22.0 Å². The SMILES string of the molecule is C/C=C\C=C/c1c[n+](C)c(C=C2C(=O)C(C=C3N(C)C=C(/C=C(\C=C/C)S(=O)(=O)O)C3(C)C)=C2O)s1. The molecule has 9 heteroatoms. The molecule has 0 radical (unpaired) electrons. The number of hydrogen-bond donors (Lipinski definition) is 2. The van der Waals surface area contributed by atoms with Gasteiger partial charge in [0.05, 0.1) is 20.9 Å². The molecule has 1 aliphatic heterocycles.